The van der Waals surface area contributed by atoms with Crippen molar-refractivity contribution in [1.29, 1.82) is 0 Å². The van der Waals surface area contributed by atoms with Gasteiger partial charge in [-0.3, -0.25) is 0 Å². The van der Waals surface area contributed by atoms with Crippen molar-refractivity contribution in [3.05, 3.63) is 206 Å². The Balaban J connectivity index is 1.11. The van der Waals surface area contributed by atoms with E-state index >= 15 is 0 Å². The van der Waals surface area contributed by atoms with E-state index in [2.05, 4.69) is 199 Å². The molecule has 0 radical (unpaired) electrons. The van der Waals surface area contributed by atoms with Crippen molar-refractivity contribution in [2.45, 2.75) is 0 Å². The third-order valence-corrected chi connectivity index (χ3v) is 11.0. The number of nitrogens with zero attached hydrogens (tertiary/aromatic N) is 4. The van der Waals surface area contributed by atoms with Gasteiger partial charge in [0.2, 0.25) is 0 Å². The molecule has 266 valence electrons. The molecular formula is C53H34N4. The summed E-state index contributed by atoms with van der Waals surface area (Å²) in [4.78, 5) is 15.8. The van der Waals surface area contributed by atoms with Gasteiger partial charge in [0.25, 0.3) is 0 Å². The summed E-state index contributed by atoms with van der Waals surface area (Å²) in [5.74, 6) is 0.666. The number of aromatic nitrogens is 4. The number of hydrogen-bond acceptors (Lipinski definition) is 3. The van der Waals surface area contributed by atoms with Crippen LogP contribution >= 0.6 is 0 Å². The van der Waals surface area contributed by atoms with Crippen LogP contribution in [-0.2, 0) is 0 Å². The highest BCUT2D eigenvalue weighted by atomic mass is 15.0. The van der Waals surface area contributed by atoms with Crippen LogP contribution in [0.3, 0.4) is 0 Å². The number of para-hydroxylation sites is 3. The van der Waals surface area contributed by atoms with E-state index in [0.29, 0.717) is 5.82 Å². The van der Waals surface area contributed by atoms with Crippen LogP contribution in [0.25, 0.3) is 105 Å². The lowest BCUT2D eigenvalue weighted by molar-refractivity contribution is 1.18. The molecule has 4 nitrogen and oxygen atoms in total. The van der Waals surface area contributed by atoms with E-state index in [1.807, 2.05) is 12.1 Å². The average molecular weight is 727 g/mol. The van der Waals surface area contributed by atoms with Gasteiger partial charge in [-0.1, -0.05) is 164 Å². The van der Waals surface area contributed by atoms with Crippen molar-refractivity contribution in [3.8, 4) is 62.0 Å². The van der Waals surface area contributed by atoms with Crippen molar-refractivity contribution in [1.82, 2.24) is 19.5 Å². The first-order valence-electron chi connectivity index (χ1n) is 19.3. The molecule has 57 heavy (non-hydrogen) atoms. The molecule has 0 N–H and O–H groups in total. The molecule has 0 atom stereocenters. The highest BCUT2D eigenvalue weighted by Gasteiger charge is 2.20. The Kier molecular flexibility index (Phi) is 7.78. The van der Waals surface area contributed by atoms with Gasteiger partial charge in [0.05, 0.1) is 33.6 Å². The third-order valence-electron chi connectivity index (χ3n) is 11.0. The summed E-state index contributed by atoms with van der Waals surface area (Å²) >= 11 is 0. The molecule has 0 aliphatic heterocycles. The molecule has 0 fully saturated rings. The molecular weight excluding hydrogens is 693 g/mol. The first-order chi connectivity index (χ1) is 28.3. The largest absolute Gasteiger partial charge is 0.309 e. The van der Waals surface area contributed by atoms with Crippen LogP contribution in [0.2, 0.25) is 0 Å². The first kappa shape index (κ1) is 32.7. The fraction of sp³-hybridized carbons (Fsp3) is 0. The van der Waals surface area contributed by atoms with E-state index in [-0.39, 0.29) is 0 Å². The Morgan fingerprint density at radius 3 is 1.63 bits per heavy atom. The summed E-state index contributed by atoms with van der Waals surface area (Å²) in [6.07, 6.45) is 0. The van der Waals surface area contributed by atoms with Gasteiger partial charge in [-0.25, -0.2) is 15.0 Å². The molecule has 0 saturated carbocycles. The first-order valence-corrected chi connectivity index (χ1v) is 19.3. The minimum absolute atomic E-state index is 0.666. The van der Waals surface area contributed by atoms with E-state index in [9.17, 15) is 0 Å². The second-order valence-corrected chi connectivity index (χ2v) is 14.4. The Bertz CT molecular complexity index is 3260. The topological polar surface area (TPSA) is 43.6 Å². The molecule has 11 aromatic rings. The lowest BCUT2D eigenvalue weighted by Gasteiger charge is -2.14. The number of benzene rings is 8. The SMILES string of the molecule is c1ccc(-c2ccc(-c3cc(-c4ccccc4)nc(-c4cccc(-c5nc6ccccc6c6c5ccc5c6c6ccccc6n5-c5ccccc5)c4)n3)cc2)cc1. The lowest BCUT2D eigenvalue weighted by atomic mass is 9.95. The van der Waals surface area contributed by atoms with E-state index in [0.717, 1.165) is 61.3 Å². The number of rotatable bonds is 6. The maximum absolute atomic E-state index is 5.38. The molecule has 4 heteroatoms. The summed E-state index contributed by atoms with van der Waals surface area (Å²) in [6.45, 7) is 0. The zero-order valence-electron chi connectivity index (χ0n) is 30.9. The zero-order chi connectivity index (χ0) is 37.7. The monoisotopic (exact) mass is 726 g/mol. The Labute approximate surface area is 330 Å². The maximum Gasteiger partial charge on any atom is 0.160 e. The highest BCUT2D eigenvalue weighted by molar-refractivity contribution is 6.29. The minimum Gasteiger partial charge on any atom is -0.309 e. The van der Waals surface area contributed by atoms with Gasteiger partial charge in [0, 0.05) is 54.9 Å². The third kappa shape index (κ3) is 5.66. The highest BCUT2D eigenvalue weighted by Crippen LogP contribution is 2.42. The van der Waals surface area contributed by atoms with E-state index in [4.69, 9.17) is 15.0 Å². The predicted molar refractivity (Wildman–Crippen MR) is 236 cm³/mol. The van der Waals surface area contributed by atoms with E-state index < -0.39 is 0 Å². The maximum atomic E-state index is 5.38. The van der Waals surface area contributed by atoms with Gasteiger partial charge in [-0.05, 0) is 53.6 Å². The fourth-order valence-corrected chi connectivity index (χ4v) is 8.33. The Morgan fingerprint density at radius 2 is 0.877 bits per heavy atom. The number of pyridine rings is 1. The van der Waals surface area contributed by atoms with Crippen LogP contribution in [0.15, 0.2) is 206 Å². The van der Waals surface area contributed by atoms with Gasteiger partial charge >= 0.3 is 0 Å². The second-order valence-electron chi connectivity index (χ2n) is 14.4. The molecule has 0 bridgehead atoms. The van der Waals surface area contributed by atoms with Crippen LogP contribution in [-0.4, -0.2) is 19.5 Å². The summed E-state index contributed by atoms with van der Waals surface area (Å²) in [5.41, 5.74) is 13.5. The summed E-state index contributed by atoms with van der Waals surface area (Å²) in [6, 6.07) is 72.5. The van der Waals surface area contributed by atoms with Crippen LogP contribution in [0, 0.1) is 0 Å². The molecule has 0 saturated heterocycles. The summed E-state index contributed by atoms with van der Waals surface area (Å²) < 4.78 is 2.38. The number of fused-ring (bicyclic) bond motifs is 7. The van der Waals surface area contributed by atoms with Gasteiger partial charge < -0.3 is 4.57 Å². The Hall–Kier alpha value is -7.69. The molecule has 0 spiro atoms. The minimum atomic E-state index is 0.666. The number of hydrogen-bond donors (Lipinski definition) is 0. The molecule has 0 unspecified atom stereocenters. The van der Waals surface area contributed by atoms with Crippen molar-refractivity contribution in [2.24, 2.45) is 0 Å². The van der Waals surface area contributed by atoms with Crippen molar-refractivity contribution in [2.75, 3.05) is 0 Å². The standard InChI is InChI=1S/C53H34N4/c1-4-15-35(16-5-1)36-27-29-38(30-28-36)47-34-46(37-17-6-2-7-18-37)55-53(56-47)40-20-14-19-39(33-40)52-44-31-32-49-51(50(44)42-23-10-12-25-45(42)54-52)43-24-11-13-26-48(43)57(49)41-21-8-3-9-22-41/h1-34H. The van der Waals surface area contributed by atoms with Crippen molar-refractivity contribution >= 4 is 43.5 Å². The molecule has 0 aliphatic rings. The van der Waals surface area contributed by atoms with Crippen molar-refractivity contribution < 1.29 is 0 Å². The second kappa shape index (κ2) is 13.6. The lowest BCUT2D eigenvalue weighted by Crippen LogP contribution is -1.97. The average Bonchev–Trinajstić information content (AvgIpc) is 3.64. The van der Waals surface area contributed by atoms with Gasteiger partial charge in [-0.2, -0.15) is 0 Å². The molecule has 3 heterocycles. The summed E-state index contributed by atoms with van der Waals surface area (Å²) in [7, 11) is 0. The van der Waals surface area contributed by atoms with Gasteiger partial charge in [-0.15, -0.1) is 0 Å². The van der Waals surface area contributed by atoms with E-state index in [1.54, 1.807) is 0 Å². The summed E-state index contributed by atoms with van der Waals surface area (Å²) in [5, 5.41) is 5.88. The Morgan fingerprint density at radius 1 is 0.316 bits per heavy atom. The molecule has 3 aromatic heterocycles. The molecule has 0 amide bonds. The van der Waals surface area contributed by atoms with Gasteiger partial charge in [0.15, 0.2) is 5.82 Å². The smallest absolute Gasteiger partial charge is 0.160 e. The normalized spacial score (nSPS) is 11.5. The quantitative estimate of drug-likeness (QED) is 0.160. The fourth-order valence-electron chi connectivity index (χ4n) is 8.33. The molecule has 8 aromatic carbocycles. The molecule has 0 aliphatic carbocycles. The molecule has 11 rings (SSSR count). The van der Waals surface area contributed by atoms with Crippen molar-refractivity contribution in [3.63, 3.8) is 0 Å². The zero-order valence-corrected chi connectivity index (χ0v) is 30.9. The van der Waals surface area contributed by atoms with Gasteiger partial charge in [0.1, 0.15) is 0 Å². The van der Waals surface area contributed by atoms with Crippen LogP contribution in [0.4, 0.5) is 0 Å². The van der Waals surface area contributed by atoms with Crippen LogP contribution < -0.4 is 0 Å². The van der Waals surface area contributed by atoms with Crippen LogP contribution in [0.5, 0.6) is 0 Å². The van der Waals surface area contributed by atoms with Crippen LogP contribution in [0.1, 0.15) is 0 Å². The van der Waals surface area contributed by atoms with E-state index in [1.165, 1.54) is 38.3 Å². The predicted octanol–water partition coefficient (Wildman–Crippen LogP) is 13.6.